The monoisotopic (exact) mass is 256 g/mol. The fourth-order valence-corrected chi connectivity index (χ4v) is 2.24. The average Bonchev–Trinajstić information content (AvgIpc) is 3.19. The maximum Gasteiger partial charge on any atom is 0.0950 e. The minimum Gasteiger partial charge on any atom is -0.372 e. The van der Waals surface area contributed by atoms with Crippen LogP contribution in [0.4, 0.5) is 0 Å². The Morgan fingerprint density at radius 1 is 0.556 bits per heavy atom. The van der Waals surface area contributed by atoms with Crippen molar-refractivity contribution in [1.29, 1.82) is 0 Å². The topological polar surface area (TPSA) is 56.6 Å². The zero-order chi connectivity index (χ0) is 11.9. The number of rotatable bonds is 9. The molecule has 4 rings (SSSR count). The summed E-state index contributed by atoms with van der Waals surface area (Å²) in [7, 11) is 0. The van der Waals surface area contributed by atoms with Crippen LogP contribution in [0.3, 0.4) is 0 Å². The summed E-state index contributed by atoms with van der Waals surface area (Å²) in [6.45, 7) is 7.48. The zero-order valence-corrected chi connectivity index (χ0v) is 10.5. The van der Waals surface area contributed by atoms with Gasteiger partial charge < -0.3 is 18.9 Å². The zero-order valence-electron chi connectivity index (χ0n) is 10.5. The predicted molar refractivity (Wildman–Crippen MR) is 62.1 cm³/mol. The van der Waals surface area contributed by atoms with E-state index in [9.17, 15) is 0 Å². The van der Waals surface area contributed by atoms with E-state index in [0.717, 1.165) is 52.6 Å². The predicted octanol–water partition coefficient (Wildman–Crippen LogP) is -0.899. The molecule has 4 aliphatic rings. The van der Waals surface area contributed by atoms with E-state index in [1.165, 1.54) is 0 Å². The van der Waals surface area contributed by atoms with Gasteiger partial charge in [0.15, 0.2) is 0 Å². The second-order valence-corrected chi connectivity index (χ2v) is 5.56. The van der Waals surface area contributed by atoms with Gasteiger partial charge in [-0.25, -0.2) is 10.0 Å². The lowest BCUT2D eigenvalue weighted by Gasteiger charge is -2.33. The van der Waals surface area contributed by atoms with E-state index in [4.69, 9.17) is 18.9 Å². The SMILES string of the molecule is C1OC1CN(CC1CO1)N(CC1CO1)CC1CO1. The Kier molecular flexibility index (Phi) is 3.02. The summed E-state index contributed by atoms with van der Waals surface area (Å²) in [6.07, 6.45) is 1.64. The third kappa shape index (κ3) is 3.40. The second kappa shape index (κ2) is 4.70. The summed E-state index contributed by atoms with van der Waals surface area (Å²) in [4.78, 5) is 0. The molecule has 0 saturated carbocycles. The summed E-state index contributed by atoms with van der Waals surface area (Å²) < 4.78 is 21.4. The largest absolute Gasteiger partial charge is 0.372 e. The van der Waals surface area contributed by atoms with Gasteiger partial charge in [0.1, 0.15) is 0 Å². The maximum atomic E-state index is 5.36. The molecule has 0 amide bonds. The Morgan fingerprint density at radius 3 is 0.944 bits per heavy atom. The van der Waals surface area contributed by atoms with Crippen molar-refractivity contribution in [3.05, 3.63) is 0 Å². The molecule has 18 heavy (non-hydrogen) atoms. The fraction of sp³-hybridized carbons (Fsp3) is 1.00. The van der Waals surface area contributed by atoms with E-state index in [0.29, 0.717) is 24.4 Å². The van der Waals surface area contributed by atoms with Crippen LogP contribution < -0.4 is 0 Å². The molecule has 4 aliphatic heterocycles. The first-order valence-corrected chi connectivity index (χ1v) is 6.83. The molecular weight excluding hydrogens is 236 g/mol. The normalized spacial score (nSPS) is 40.3. The van der Waals surface area contributed by atoms with Crippen LogP contribution in [-0.4, -0.2) is 87.0 Å². The van der Waals surface area contributed by atoms with Gasteiger partial charge >= 0.3 is 0 Å². The van der Waals surface area contributed by atoms with E-state index < -0.39 is 0 Å². The molecule has 0 aromatic carbocycles. The van der Waals surface area contributed by atoms with Crippen LogP contribution in [-0.2, 0) is 18.9 Å². The highest BCUT2D eigenvalue weighted by molar-refractivity contribution is 4.84. The highest BCUT2D eigenvalue weighted by Crippen LogP contribution is 2.22. The van der Waals surface area contributed by atoms with Crippen molar-refractivity contribution in [1.82, 2.24) is 10.0 Å². The first kappa shape index (κ1) is 11.6. The lowest BCUT2D eigenvalue weighted by atomic mass is 10.3. The van der Waals surface area contributed by atoms with E-state index >= 15 is 0 Å². The smallest absolute Gasteiger partial charge is 0.0950 e. The minimum atomic E-state index is 0.409. The van der Waals surface area contributed by atoms with Gasteiger partial charge in [0.05, 0.1) is 50.8 Å². The average molecular weight is 256 g/mol. The van der Waals surface area contributed by atoms with E-state index in [1.807, 2.05) is 0 Å². The molecule has 6 nitrogen and oxygen atoms in total. The Morgan fingerprint density at radius 2 is 0.778 bits per heavy atom. The molecule has 4 fully saturated rings. The highest BCUT2D eigenvalue weighted by Gasteiger charge is 2.38. The summed E-state index contributed by atoms with van der Waals surface area (Å²) in [5.41, 5.74) is 0. The van der Waals surface area contributed by atoms with Crippen molar-refractivity contribution in [3.8, 4) is 0 Å². The van der Waals surface area contributed by atoms with E-state index in [-0.39, 0.29) is 0 Å². The Labute approximate surface area is 107 Å². The summed E-state index contributed by atoms with van der Waals surface area (Å²) in [6, 6.07) is 0. The van der Waals surface area contributed by atoms with Crippen molar-refractivity contribution in [2.75, 3.05) is 52.6 Å². The van der Waals surface area contributed by atoms with Crippen LogP contribution in [0, 0.1) is 0 Å². The summed E-state index contributed by atoms with van der Waals surface area (Å²) in [5.74, 6) is 0. The van der Waals surface area contributed by atoms with E-state index in [1.54, 1.807) is 0 Å². The molecule has 0 N–H and O–H groups in total. The summed E-state index contributed by atoms with van der Waals surface area (Å²) in [5, 5.41) is 4.78. The van der Waals surface area contributed by atoms with Crippen LogP contribution in [0.2, 0.25) is 0 Å². The van der Waals surface area contributed by atoms with Crippen molar-refractivity contribution >= 4 is 0 Å². The minimum absolute atomic E-state index is 0.409. The highest BCUT2D eigenvalue weighted by atomic mass is 16.6. The Hall–Kier alpha value is -0.240. The maximum absolute atomic E-state index is 5.36. The van der Waals surface area contributed by atoms with Crippen molar-refractivity contribution < 1.29 is 18.9 Å². The second-order valence-electron chi connectivity index (χ2n) is 5.56. The molecule has 0 bridgehead atoms. The van der Waals surface area contributed by atoms with Gasteiger partial charge in [0.2, 0.25) is 0 Å². The molecule has 4 saturated heterocycles. The Balaban J connectivity index is 1.37. The number of nitrogens with zero attached hydrogens (tertiary/aromatic N) is 2. The number of epoxide rings is 4. The van der Waals surface area contributed by atoms with Crippen molar-refractivity contribution in [2.45, 2.75) is 24.4 Å². The van der Waals surface area contributed by atoms with E-state index in [2.05, 4.69) is 10.0 Å². The molecule has 4 heterocycles. The third-order valence-corrected chi connectivity index (χ3v) is 3.67. The molecule has 0 radical (unpaired) electrons. The van der Waals surface area contributed by atoms with Crippen LogP contribution in [0.15, 0.2) is 0 Å². The molecule has 0 aliphatic carbocycles. The third-order valence-electron chi connectivity index (χ3n) is 3.67. The molecule has 0 spiro atoms. The standard InChI is InChI=1S/C12H20N2O4/c1(9-5-15-9)13(2-10-6-16-10)14(3-11-7-17-11)4-12-8-18-12/h9-12H,1-8H2. The number of ether oxygens (including phenoxy) is 4. The van der Waals surface area contributed by atoms with Crippen LogP contribution >= 0.6 is 0 Å². The van der Waals surface area contributed by atoms with Crippen molar-refractivity contribution in [3.63, 3.8) is 0 Å². The number of hydrogen-bond acceptors (Lipinski definition) is 6. The first-order chi connectivity index (χ1) is 8.87. The van der Waals surface area contributed by atoms with Crippen LogP contribution in [0.25, 0.3) is 0 Å². The van der Waals surface area contributed by atoms with Gasteiger partial charge in [0.25, 0.3) is 0 Å². The van der Waals surface area contributed by atoms with Crippen LogP contribution in [0.1, 0.15) is 0 Å². The molecule has 4 atom stereocenters. The molecule has 4 unspecified atom stereocenters. The quantitative estimate of drug-likeness (QED) is 0.394. The number of hydrazine groups is 1. The van der Waals surface area contributed by atoms with Gasteiger partial charge in [-0.05, 0) is 0 Å². The lowest BCUT2D eigenvalue weighted by Crippen LogP contribution is -2.49. The number of hydrogen-bond donors (Lipinski definition) is 0. The van der Waals surface area contributed by atoms with Gasteiger partial charge in [0, 0.05) is 26.2 Å². The van der Waals surface area contributed by atoms with Gasteiger partial charge in [-0.1, -0.05) is 0 Å². The molecular formula is C12H20N2O4. The van der Waals surface area contributed by atoms with Gasteiger partial charge in [-0.15, -0.1) is 0 Å². The van der Waals surface area contributed by atoms with Gasteiger partial charge in [-0.2, -0.15) is 0 Å². The molecule has 6 heteroatoms. The molecule has 102 valence electrons. The molecule has 0 aromatic rings. The van der Waals surface area contributed by atoms with Crippen molar-refractivity contribution in [2.24, 2.45) is 0 Å². The lowest BCUT2D eigenvalue weighted by molar-refractivity contribution is -0.0427. The first-order valence-electron chi connectivity index (χ1n) is 6.83. The molecule has 0 aromatic heterocycles. The summed E-state index contributed by atoms with van der Waals surface area (Å²) >= 11 is 0. The fourth-order valence-electron chi connectivity index (χ4n) is 2.24. The Bertz CT molecular complexity index is 242. The van der Waals surface area contributed by atoms with Crippen LogP contribution in [0.5, 0.6) is 0 Å². The van der Waals surface area contributed by atoms with Gasteiger partial charge in [-0.3, -0.25) is 0 Å².